The van der Waals surface area contributed by atoms with Crippen LogP contribution in [0.1, 0.15) is 67.2 Å². The first-order valence-corrected chi connectivity index (χ1v) is 6.39. The zero-order valence-corrected chi connectivity index (χ0v) is 11.6. The molecule has 0 aromatic rings. The lowest BCUT2D eigenvalue weighted by atomic mass is 10.1. The Hall–Kier alpha value is -0.0800. The summed E-state index contributed by atoms with van der Waals surface area (Å²) in [5.74, 6) is 0. The van der Waals surface area contributed by atoms with E-state index < -0.39 is 5.60 Å². The van der Waals surface area contributed by atoms with Crippen molar-refractivity contribution >= 4 is 0 Å². The Morgan fingerprint density at radius 1 is 1.27 bits per heavy atom. The van der Waals surface area contributed by atoms with Gasteiger partial charge in [0, 0.05) is 6.04 Å². The lowest BCUT2D eigenvalue weighted by Gasteiger charge is -2.05. The van der Waals surface area contributed by atoms with E-state index in [4.69, 9.17) is 5.11 Å². The Balaban J connectivity index is 0. The van der Waals surface area contributed by atoms with Gasteiger partial charge in [-0.2, -0.15) is 0 Å². The summed E-state index contributed by atoms with van der Waals surface area (Å²) < 4.78 is 0. The summed E-state index contributed by atoms with van der Waals surface area (Å²) in [7, 11) is 0. The normalized spacial score (nSPS) is 19.8. The predicted octanol–water partition coefficient (Wildman–Crippen LogP) is 3.34. The summed E-state index contributed by atoms with van der Waals surface area (Å²) in [6.07, 6.45) is 5.51. The van der Waals surface area contributed by atoms with E-state index in [1.54, 1.807) is 20.8 Å². The molecule has 1 heterocycles. The summed E-state index contributed by atoms with van der Waals surface area (Å²) in [5, 5.41) is 12.0. The van der Waals surface area contributed by atoms with Gasteiger partial charge in [-0.1, -0.05) is 27.2 Å². The number of nitrogens with one attached hydrogen (secondary N) is 1. The van der Waals surface area contributed by atoms with Crippen LogP contribution in [0.25, 0.3) is 0 Å². The predicted molar refractivity (Wildman–Crippen MR) is 69.3 cm³/mol. The maximum atomic E-state index is 8.52. The molecule has 0 amide bonds. The lowest BCUT2D eigenvalue weighted by molar-refractivity contribution is 0.102. The number of aliphatic hydroxyl groups is 1. The zero-order valence-electron chi connectivity index (χ0n) is 11.6. The molecule has 94 valence electrons. The highest BCUT2D eigenvalue weighted by atomic mass is 16.3. The first-order chi connectivity index (χ1) is 6.93. The summed E-state index contributed by atoms with van der Waals surface area (Å²) in [6.45, 7) is 12.7. The van der Waals surface area contributed by atoms with Gasteiger partial charge in [-0.3, -0.25) is 0 Å². The minimum absolute atomic E-state index is 0.500. The van der Waals surface area contributed by atoms with Gasteiger partial charge in [0.25, 0.3) is 0 Å². The minimum Gasteiger partial charge on any atom is -0.391 e. The molecule has 1 unspecified atom stereocenters. The second-order valence-electron chi connectivity index (χ2n) is 4.75. The molecule has 15 heavy (non-hydrogen) atoms. The number of hydrogen-bond acceptors (Lipinski definition) is 2. The Morgan fingerprint density at radius 3 is 2.00 bits per heavy atom. The van der Waals surface area contributed by atoms with Crippen LogP contribution in [0.2, 0.25) is 0 Å². The molecule has 1 saturated heterocycles. The van der Waals surface area contributed by atoms with Crippen LogP contribution in [-0.2, 0) is 0 Å². The van der Waals surface area contributed by atoms with Crippen LogP contribution in [0, 0.1) is 0 Å². The molecule has 0 aliphatic carbocycles. The van der Waals surface area contributed by atoms with E-state index in [-0.39, 0.29) is 0 Å². The third-order valence-corrected chi connectivity index (χ3v) is 1.80. The van der Waals surface area contributed by atoms with Gasteiger partial charge in [0.15, 0.2) is 0 Å². The zero-order chi connectivity index (χ0) is 12.3. The van der Waals surface area contributed by atoms with Crippen molar-refractivity contribution in [3.05, 3.63) is 0 Å². The molecule has 1 aliphatic rings. The standard InChI is InChI=1S/C7H15N.C4H10O.C2H6/c1-2-4-7-5-3-6-8-7;1-4(2,3)5;1-2/h7-8H,2-6H2,1H3;5H,1-3H3;1-2H3. The molecule has 0 saturated carbocycles. The van der Waals surface area contributed by atoms with E-state index in [9.17, 15) is 0 Å². The second kappa shape index (κ2) is 10.4. The van der Waals surface area contributed by atoms with Crippen molar-refractivity contribution in [1.82, 2.24) is 5.32 Å². The fraction of sp³-hybridized carbons (Fsp3) is 1.00. The molecule has 1 aliphatic heterocycles. The van der Waals surface area contributed by atoms with Gasteiger partial charge in [0.05, 0.1) is 5.60 Å². The van der Waals surface area contributed by atoms with Crippen molar-refractivity contribution in [3.8, 4) is 0 Å². The van der Waals surface area contributed by atoms with E-state index in [0.717, 1.165) is 6.04 Å². The summed E-state index contributed by atoms with van der Waals surface area (Å²) in [6, 6.07) is 0.861. The van der Waals surface area contributed by atoms with E-state index >= 15 is 0 Å². The highest BCUT2D eigenvalue weighted by Crippen LogP contribution is 2.09. The molecular weight excluding hydrogens is 186 g/mol. The molecular formula is C13H31NO. The van der Waals surface area contributed by atoms with E-state index in [1.165, 1.54) is 32.2 Å². The van der Waals surface area contributed by atoms with Crippen molar-refractivity contribution in [2.45, 2.75) is 78.9 Å². The second-order valence-corrected chi connectivity index (χ2v) is 4.75. The first kappa shape index (κ1) is 17.3. The van der Waals surface area contributed by atoms with Crippen LogP contribution in [0.15, 0.2) is 0 Å². The van der Waals surface area contributed by atoms with Crippen molar-refractivity contribution in [3.63, 3.8) is 0 Å². The van der Waals surface area contributed by atoms with Crippen molar-refractivity contribution in [2.24, 2.45) is 0 Å². The van der Waals surface area contributed by atoms with Gasteiger partial charge in [0.2, 0.25) is 0 Å². The fourth-order valence-corrected chi connectivity index (χ4v) is 1.35. The Morgan fingerprint density at radius 2 is 1.73 bits per heavy atom. The highest BCUT2D eigenvalue weighted by Gasteiger charge is 2.11. The van der Waals surface area contributed by atoms with Gasteiger partial charge in [-0.25, -0.2) is 0 Å². The SMILES string of the molecule is CC.CC(C)(C)O.CCCC1CCCN1. The monoisotopic (exact) mass is 217 g/mol. The largest absolute Gasteiger partial charge is 0.391 e. The molecule has 0 spiro atoms. The molecule has 1 rings (SSSR count). The van der Waals surface area contributed by atoms with E-state index in [1.807, 2.05) is 13.8 Å². The first-order valence-electron chi connectivity index (χ1n) is 6.39. The smallest absolute Gasteiger partial charge is 0.0563 e. The molecule has 2 heteroatoms. The van der Waals surface area contributed by atoms with Crippen LogP contribution >= 0.6 is 0 Å². The quantitative estimate of drug-likeness (QED) is 0.743. The molecule has 0 aromatic heterocycles. The fourth-order valence-electron chi connectivity index (χ4n) is 1.35. The maximum absolute atomic E-state index is 8.52. The Labute approximate surface area is 96.5 Å². The van der Waals surface area contributed by atoms with Gasteiger partial charge in [0.1, 0.15) is 0 Å². The third kappa shape index (κ3) is 20.1. The molecule has 1 atom stereocenters. The van der Waals surface area contributed by atoms with Gasteiger partial charge in [-0.15, -0.1) is 0 Å². The molecule has 0 radical (unpaired) electrons. The lowest BCUT2D eigenvalue weighted by Crippen LogP contribution is -2.20. The van der Waals surface area contributed by atoms with Crippen LogP contribution in [0.4, 0.5) is 0 Å². The summed E-state index contributed by atoms with van der Waals surface area (Å²) in [4.78, 5) is 0. The van der Waals surface area contributed by atoms with Crippen LogP contribution in [0.5, 0.6) is 0 Å². The molecule has 2 nitrogen and oxygen atoms in total. The Bertz CT molecular complexity index is 106. The average Bonchev–Trinajstić information content (AvgIpc) is 2.58. The number of hydrogen-bond donors (Lipinski definition) is 2. The average molecular weight is 217 g/mol. The number of rotatable bonds is 2. The van der Waals surface area contributed by atoms with Crippen molar-refractivity contribution < 1.29 is 5.11 Å². The Kier molecular flexibility index (Phi) is 12.1. The maximum Gasteiger partial charge on any atom is 0.0563 e. The third-order valence-electron chi connectivity index (χ3n) is 1.80. The highest BCUT2D eigenvalue weighted by molar-refractivity contribution is 4.72. The van der Waals surface area contributed by atoms with E-state index in [0.29, 0.717) is 0 Å². The van der Waals surface area contributed by atoms with Gasteiger partial charge < -0.3 is 10.4 Å². The van der Waals surface area contributed by atoms with Crippen molar-refractivity contribution in [1.29, 1.82) is 0 Å². The molecule has 1 fully saturated rings. The van der Waals surface area contributed by atoms with Crippen LogP contribution in [-0.4, -0.2) is 23.3 Å². The minimum atomic E-state index is -0.500. The van der Waals surface area contributed by atoms with Gasteiger partial charge >= 0.3 is 0 Å². The van der Waals surface area contributed by atoms with Crippen LogP contribution < -0.4 is 5.32 Å². The van der Waals surface area contributed by atoms with Crippen molar-refractivity contribution in [2.75, 3.05) is 6.54 Å². The summed E-state index contributed by atoms with van der Waals surface area (Å²) in [5.41, 5.74) is -0.500. The molecule has 0 bridgehead atoms. The molecule has 2 N–H and O–H groups in total. The van der Waals surface area contributed by atoms with Crippen LogP contribution in [0.3, 0.4) is 0 Å². The van der Waals surface area contributed by atoms with E-state index in [2.05, 4.69) is 12.2 Å². The molecule has 0 aromatic carbocycles. The topological polar surface area (TPSA) is 32.3 Å². The summed E-state index contributed by atoms with van der Waals surface area (Å²) >= 11 is 0. The van der Waals surface area contributed by atoms with Gasteiger partial charge in [-0.05, 0) is 46.6 Å².